The van der Waals surface area contributed by atoms with Crippen LogP contribution in [0.1, 0.15) is 0 Å². The number of allylic oxidation sites excluding steroid dienone is 2. The zero-order valence-electron chi connectivity index (χ0n) is 10.8. The van der Waals surface area contributed by atoms with Crippen molar-refractivity contribution in [3.8, 4) is 0 Å². The zero-order chi connectivity index (χ0) is 14.7. The Morgan fingerprint density at radius 1 is 1.00 bits per heavy atom. The van der Waals surface area contributed by atoms with Gasteiger partial charge < -0.3 is 9.47 Å². The van der Waals surface area contributed by atoms with Crippen LogP contribution in [0, 0.1) is 0 Å². The van der Waals surface area contributed by atoms with Gasteiger partial charge in [0.25, 0.3) is 0 Å². The summed E-state index contributed by atoms with van der Waals surface area (Å²) in [4.78, 5) is 25.2. The molecule has 0 fully saturated rings. The Morgan fingerprint density at radius 3 is 2.15 bits per heavy atom. The molecular weight excluding hydrogens is 300 g/mol. The molecule has 0 bridgehead atoms. The van der Waals surface area contributed by atoms with E-state index in [-0.39, 0.29) is 28.0 Å². The van der Waals surface area contributed by atoms with Crippen LogP contribution in [0.15, 0.2) is 51.7 Å². The van der Waals surface area contributed by atoms with Crippen molar-refractivity contribution in [2.45, 2.75) is 4.90 Å². The Bertz CT molecular complexity index is 617. The highest BCUT2D eigenvalue weighted by molar-refractivity contribution is 8.04. The molecule has 0 N–H and O–H groups in total. The lowest BCUT2D eigenvalue weighted by molar-refractivity contribution is -0.119. The number of ether oxygens (including phenoxy) is 2. The third kappa shape index (κ3) is 2.89. The van der Waals surface area contributed by atoms with E-state index in [4.69, 9.17) is 21.1 Å². The Labute approximate surface area is 125 Å². The largest absolute Gasteiger partial charge is 0.490 e. The zero-order valence-corrected chi connectivity index (χ0v) is 12.4. The van der Waals surface area contributed by atoms with Gasteiger partial charge >= 0.3 is 0 Å². The van der Waals surface area contributed by atoms with Crippen molar-refractivity contribution in [3.05, 3.63) is 51.8 Å². The van der Waals surface area contributed by atoms with E-state index in [9.17, 15) is 9.59 Å². The maximum absolute atomic E-state index is 12.2. The lowest BCUT2D eigenvalue weighted by atomic mass is 10.1. The molecule has 0 amide bonds. The molecule has 1 aliphatic rings. The second-order valence-corrected chi connectivity index (χ2v) is 5.38. The molecule has 1 aromatic carbocycles. The van der Waals surface area contributed by atoms with E-state index in [1.165, 1.54) is 32.1 Å². The standard InChI is InChI=1S/C14H11ClO4S/c1-18-13-10(16)7-11(12(17)14(13)19-2)20-9-5-3-8(15)4-6-9/h3-7H,1-2H3. The number of hydrogen-bond donors (Lipinski definition) is 0. The quantitative estimate of drug-likeness (QED) is 0.800. The number of carbonyl (C=O) groups excluding carboxylic acids is 2. The van der Waals surface area contributed by atoms with E-state index < -0.39 is 0 Å². The maximum Gasteiger partial charge on any atom is 0.238 e. The van der Waals surface area contributed by atoms with Crippen molar-refractivity contribution in [3.63, 3.8) is 0 Å². The first-order valence-electron chi connectivity index (χ1n) is 5.63. The molecule has 4 nitrogen and oxygen atoms in total. The predicted octanol–water partition coefficient (Wildman–Crippen LogP) is 2.97. The van der Waals surface area contributed by atoms with Crippen molar-refractivity contribution < 1.29 is 19.1 Å². The van der Waals surface area contributed by atoms with Crippen molar-refractivity contribution in [1.29, 1.82) is 0 Å². The predicted molar refractivity (Wildman–Crippen MR) is 76.5 cm³/mol. The molecule has 0 spiro atoms. The Hall–Kier alpha value is -1.72. The molecule has 6 heteroatoms. The Morgan fingerprint density at radius 2 is 1.60 bits per heavy atom. The molecule has 0 heterocycles. The minimum Gasteiger partial charge on any atom is -0.490 e. The normalized spacial score (nSPS) is 15.2. The van der Waals surface area contributed by atoms with Gasteiger partial charge in [-0.2, -0.15) is 0 Å². The summed E-state index contributed by atoms with van der Waals surface area (Å²) in [6.45, 7) is 0. The van der Waals surface area contributed by atoms with Crippen molar-refractivity contribution in [2.75, 3.05) is 14.2 Å². The van der Waals surface area contributed by atoms with Crippen molar-refractivity contribution in [2.24, 2.45) is 0 Å². The van der Waals surface area contributed by atoms with Crippen molar-refractivity contribution >= 4 is 34.9 Å². The fourth-order valence-electron chi connectivity index (χ4n) is 1.66. The molecule has 0 aromatic heterocycles. The number of hydrogen-bond acceptors (Lipinski definition) is 5. The number of methoxy groups -OCH3 is 2. The molecule has 1 aromatic rings. The highest BCUT2D eigenvalue weighted by Gasteiger charge is 2.31. The summed E-state index contributed by atoms with van der Waals surface area (Å²) in [6.07, 6.45) is 1.25. The molecule has 0 aliphatic heterocycles. The van der Waals surface area contributed by atoms with Crippen LogP contribution in [0.4, 0.5) is 0 Å². The topological polar surface area (TPSA) is 52.6 Å². The number of halogens is 1. The van der Waals surface area contributed by atoms with Crippen LogP contribution in [-0.2, 0) is 19.1 Å². The van der Waals surface area contributed by atoms with Crippen LogP contribution in [0.25, 0.3) is 0 Å². The lowest BCUT2D eigenvalue weighted by Crippen LogP contribution is -2.20. The van der Waals surface area contributed by atoms with Crippen LogP contribution >= 0.6 is 23.4 Å². The number of Topliss-reactive ketones (excluding diaryl/α,β-unsaturated/α-hetero) is 1. The monoisotopic (exact) mass is 310 g/mol. The lowest BCUT2D eigenvalue weighted by Gasteiger charge is -2.16. The van der Waals surface area contributed by atoms with Crippen LogP contribution in [0.2, 0.25) is 5.02 Å². The third-order valence-corrected chi connectivity index (χ3v) is 3.85. The van der Waals surface area contributed by atoms with E-state index in [0.29, 0.717) is 5.02 Å². The number of rotatable bonds is 4. The molecule has 0 saturated carbocycles. The highest BCUT2D eigenvalue weighted by atomic mass is 35.5. The Balaban J connectivity index is 2.28. The molecule has 104 valence electrons. The van der Waals surface area contributed by atoms with Crippen LogP contribution < -0.4 is 0 Å². The fraction of sp³-hybridized carbons (Fsp3) is 0.143. The van der Waals surface area contributed by atoms with Gasteiger partial charge in [0, 0.05) is 16.0 Å². The van der Waals surface area contributed by atoms with Gasteiger partial charge in [0.05, 0.1) is 19.1 Å². The summed E-state index contributed by atoms with van der Waals surface area (Å²) in [5.74, 6) is -0.904. The summed E-state index contributed by atoms with van der Waals surface area (Å²) < 4.78 is 9.88. The van der Waals surface area contributed by atoms with Crippen LogP contribution in [-0.4, -0.2) is 25.8 Å². The molecular formula is C14H11ClO4S. The van der Waals surface area contributed by atoms with E-state index in [1.807, 2.05) is 0 Å². The van der Waals surface area contributed by atoms with Gasteiger partial charge in [-0.1, -0.05) is 23.4 Å². The molecule has 0 unspecified atom stereocenters. The number of thioether (sulfide) groups is 1. The number of benzene rings is 1. The van der Waals surface area contributed by atoms with Gasteiger partial charge in [0.1, 0.15) is 0 Å². The average Bonchev–Trinajstić information content (AvgIpc) is 2.44. The molecule has 2 rings (SSSR count). The van der Waals surface area contributed by atoms with Gasteiger partial charge in [-0.15, -0.1) is 0 Å². The maximum atomic E-state index is 12.2. The van der Waals surface area contributed by atoms with Crippen LogP contribution in [0.5, 0.6) is 0 Å². The van der Waals surface area contributed by atoms with Crippen LogP contribution in [0.3, 0.4) is 0 Å². The van der Waals surface area contributed by atoms with Crippen molar-refractivity contribution in [1.82, 2.24) is 0 Å². The van der Waals surface area contributed by atoms with E-state index in [2.05, 4.69) is 0 Å². The molecule has 0 saturated heterocycles. The molecule has 0 radical (unpaired) electrons. The first-order chi connectivity index (χ1) is 9.56. The van der Waals surface area contributed by atoms with Gasteiger partial charge in [-0.05, 0) is 24.3 Å². The first-order valence-corrected chi connectivity index (χ1v) is 6.82. The van der Waals surface area contributed by atoms with E-state index in [1.54, 1.807) is 24.3 Å². The first kappa shape index (κ1) is 14.7. The number of ketones is 2. The minimum atomic E-state index is -0.389. The van der Waals surface area contributed by atoms with Gasteiger partial charge in [-0.25, -0.2) is 0 Å². The van der Waals surface area contributed by atoms with E-state index >= 15 is 0 Å². The second-order valence-electron chi connectivity index (χ2n) is 3.82. The SMILES string of the molecule is COC1=C(OC)C(=O)C(Sc2ccc(Cl)cc2)=CC1=O. The molecule has 20 heavy (non-hydrogen) atoms. The number of carbonyl (C=O) groups is 2. The van der Waals surface area contributed by atoms with Gasteiger partial charge in [-0.3, -0.25) is 9.59 Å². The average molecular weight is 311 g/mol. The summed E-state index contributed by atoms with van der Waals surface area (Å²) in [5.41, 5.74) is 0. The summed E-state index contributed by atoms with van der Waals surface area (Å²) in [7, 11) is 2.65. The highest BCUT2D eigenvalue weighted by Crippen LogP contribution is 2.33. The minimum absolute atomic E-state index is 0.0713. The summed E-state index contributed by atoms with van der Waals surface area (Å²) in [6, 6.07) is 6.97. The van der Waals surface area contributed by atoms with E-state index in [0.717, 1.165) is 4.90 Å². The molecule has 0 atom stereocenters. The summed E-state index contributed by atoms with van der Waals surface area (Å²) >= 11 is 6.98. The van der Waals surface area contributed by atoms with Gasteiger partial charge in [0.15, 0.2) is 0 Å². The Kier molecular flexibility index (Phi) is 4.52. The summed E-state index contributed by atoms with van der Waals surface area (Å²) in [5, 5.41) is 0.605. The molecule has 1 aliphatic carbocycles. The van der Waals surface area contributed by atoms with Gasteiger partial charge in [0.2, 0.25) is 23.1 Å². The fourth-order valence-corrected chi connectivity index (χ4v) is 2.66. The second kappa shape index (κ2) is 6.15. The smallest absolute Gasteiger partial charge is 0.238 e. The third-order valence-electron chi connectivity index (χ3n) is 2.57.